The minimum atomic E-state index is -0.228. The summed E-state index contributed by atoms with van der Waals surface area (Å²) in [5.41, 5.74) is 0. The van der Waals surface area contributed by atoms with Gasteiger partial charge in [0.15, 0.2) is 0 Å². The minimum Gasteiger partial charge on any atom is -0.447 e. The predicted molar refractivity (Wildman–Crippen MR) is 88.8 cm³/mol. The summed E-state index contributed by atoms with van der Waals surface area (Å²) in [6.45, 7) is 7.83. The molecule has 6 nitrogen and oxygen atoms in total. The Kier molecular flexibility index (Phi) is 5.61. The molecule has 1 aliphatic rings. The van der Waals surface area contributed by atoms with Gasteiger partial charge in [-0.15, -0.1) is 0 Å². The molecule has 2 heterocycles. The van der Waals surface area contributed by atoms with Crippen LogP contribution in [0, 0.1) is 0 Å². The molecule has 2 rings (SSSR count). The molecule has 1 aromatic heterocycles. The number of halogens is 1. The molecule has 1 amide bonds. The number of ether oxygens (including phenoxy) is 1. The molecule has 1 aliphatic heterocycles. The zero-order valence-electron chi connectivity index (χ0n) is 13.4. The summed E-state index contributed by atoms with van der Waals surface area (Å²) >= 11 is 3.32. The highest BCUT2D eigenvalue weighted by molar-refractivity contribution is 9.10. The van der Waals surface area contributed by atoms with Crippen molar-refractivity contribution in [3.8, 4) is 0 Å². The summed E-state index contributed by atoms with van der Waals surface area (Å²) in [5.74, 6) is 0.616. The molecule has 122 valence electrons. The van der Waals surface area contributed by atoms with Crippen LogP contribution in [0.25, 0.3) is 0 Å². The lowest BCUT2D eigenvalue weighted by Gasteiger charge is -2.42. The predicted octanol–water partition coefficient (Wildman–Crippen LogP) is 3.44. The van der Waals surface area contributed by atoms with Crippen molar-refractivity contribution in [2.24, 2.45) is 0 Å². The maximum absolute atomic E-state index is 12.2. The van der Waals surface area contributed by atoms with E-state index in [1.54, 1.807) is 12.4 Å². The first-order valence-electron chi connectivity index (χ1n) is 7.59. The van der Waals surface area contributed by atoms with Crippen LogP contribution in [-0.4, -0.2) is 45.2 Å². The van der Waals surface area contributed by atoms with Gasteiger partial charge in [0.2, 0.25) is 5.95 Å². The molecule has 0 aliphatic carbocycles. The first-order chi connectivity index (χ1) is 10.4. The number of carbonyl (C=O) groups excluding carboxylic acids is 1. The van der Waals surface area contributed by atoms with Gasteiger partial charge in [-0.25, -0.2) is 14.8 Å². The van der Waals surface area contributed by atoms with Gasteiger partial charge in [-0.3, -0.25) is 0 Å². The fourth-order valence-corrected chi connectivity index (χ4v) is 3.10. The standard InChI is InChI=1S/C15H23BrN4O2/c1-9(2)22-15(21)20-10(3)5-13(6-11(20)4)19-14-17-7-12(16)8-18-14/h7-11,13H,5-6H2,1-4H3,(H,17,18,19)/t10-,11-/m1/s1. The van der Waals surface area contributed by atoms with Gasteiger partial charge >= 0.3 is 6.09 Å². The first kappa shape index (κ1) is 17.0. The molecule has 0 unspecified atom stereocenters. The number of nitrogens with zero attached hydrogens (tertiary/aromatic N) is 3. The van der Waals surface area contributed by atoms with Crippen molar-refractivity contribution in [3.63, 3.8) is 0 Å². The Hall–Kier alpha value is -1.37. The quantitative estimate of drug-likeness (QED) is 0.882. The van der Waals surface area contributed by atoms with Crippen molar-refractivity contribution in [1.29, 1.82) is 0 Å². The average molecular weight is 371 g/mol. The third-order valence-corrected chi connectivity index (χ3v) is 4.11. The van der Waals surface area contributed by atoms with E-state index in [0.29, 0.717) is 5.95 Å². The largest absolute Gasteiger partial charge is 0.447 e. The molecule has 1 N–H and O–H groups in total. The van der Waals surface area contributed by atoms with Crippen LogP contribution in [0.3, 0.4) is 0 Å². The Morgan fingerprint density at radius 3 is 2.36 bits per heavy atom. The number of carbonyl (C=O) groups is 1. The second kappa shape index (κ2) is 7.26. The molecular weight excluding hydrogens is 348 g/mol. The maximum atomic E-state index is 12.2. The number of likely N-dealkylation sites (tertiary alicyclic amines) is 1. The van der Waals surface area contributed by atoms with Crippen molar-refractivity contribution in [3.05, 3.63) is 16.9 Å². The third kappa shape index (κ3) is 4.32. The highest BCUT2D eigenvalue weighted by atomic mass is 79.9. The monoisotopic (exact) mass is 370 g/mol. The minimum absolute atomic E-state index is 0.0982. The van der Waals surface area contributed by atoms with Crippen molar-refractivity contribution in [1.82, 2.24) is 14.9 Å². The van der Waals surface area contributed by atoms with Gasteiger partial charge < -0.3 is 15.0 Å². The summed E-state index contributed by atoms with van der Waals surface area (Å²) < 4.78 is 6.19. The summed E-state index contributed by atoms with van der Waals surface area (Å²) in [5, 5.41) is 3.35. The van der Waals surface area contributed by atoms with Gasteiger partial charge in [0.1, 0.15) is 0 Å². The van der Waals surface area contributed by atoms with Gasteiger partial charge in [-0.05, 0) is 56.5 Å². The Bertz CT molecular complexity index is 497. The van der Waals surface area contributed by atoms with Crippen LogP contribution in [0.2, 0.25) is 0 Å². The number of hydrogen-bond donors (Lipinski definition) is 1. The Labute approximate surface area is 139 Å². The number of anilines is 1. The SMILES string of the molecule is CC(C)OC(=O)N1[C@H](C)CC(Nc2ncc(Br)cn2)C[C@H]1C. The first-order valence-corrected chi connectivity index (χ1v) is 8.39. The Morgan fingerprint density at radius 1 is 1.32 bits per heavy atom. The van der Waals surface area contributed by atoms with Crippen molar-refractivity contribution < 1.29 is 9.53 Å². The average Bonchev–Trinajstić information content (AvgIpc) is 2.39. The van der Waals surface area contributed by atoms with Crippen LogP contribution in [-0.2, 0) is 4.74 Å². The van der Waals surface area contributed by atoms with E-state index < -0.39 is 0 Å². The summed E-state index contributed by atoms with van der Waals surface area (Å²) in [4.78, 5) is 22.5. The maximum Gasteiger partial charge on any atom is 0.410 e. The molecule has 2 atom stereocenters. The second-order valence-corrected chi connectivity index (χ2v) is 6.99. The molecule has 0 aromatic carbocycles. The van der Waals surface area contributed by atoms with Crippen LogP contribution in [0.1, 0.15) is 40.5 Å². The fourth-order valence-electron chi connectivity index (χ4n) is 2.89. The Balaban J connectivity index is 1.97. The van der Waals surface area contributed by atoms with E-state index in [0.717, 1.165) is 17.3 Å². The molecule has 7 heteroatoms. The van der Waals surface area contributed by atoms with Crippen LogP contribution in [0.15, 0.2) is 16.9 Å². The normalized spacial score (nSPS) is 25.2. The molecule has 1 fully saturated rings. The van der Waals surface area contributed by atoms with Gasteiger partial charge in [-0.2, -0.15) is 0 Å². The third-order valence-electron chi connectivity index (χ3n) is 3.70. The molecule has 0 saturated carbocycles. The van der Waals surface area contributed by atoms with Crippen LogP contribution in [0.4, 0.5) is 10.7 Å². The zero-order chi connectivity index (χ0) is 16.3. The second-order valence-electron chi connectivity index (χ2n) is 6.08. The van der Waals surface area contributed by atoms with E-state index in [4.69, 9.17) is 4.74 Å². The number of amides is 1. The molecule has 0 spiro atoms. The number of nitrogens with one attached hydrogen (secondary N) is 1. The van der Waals surface area contributed by atoms with Crippen LogP contribution < -0.4 is 5.32 Å². The van der Waals surface area contributed by atoms with E-state index >= 15 is 0 Å². The van der Waals surface area contributed by atoms with Gasteiger partial charge in [0, 0.05) is 30.5 Å². The van der Waals surface area contributed by atoms with Gasteiger partial charge in [0.05, 0.1) is 10.6 Å². The topological polar surface area (TPSA) is 67.3 Å². The lowest BCUT2D eigenvalue weighted by Crippen LogP contribution is -2.53. The summed E-state index contributed by atoms with van der Waals surface area (Å²) in [6, 6.07) is 0.472. The zero-order valence-corrected chi connectivity index (χ0v) is 15.0. The fraction of sp³-hybridized carbons (Fsp3) is 0.667. The lowest BCUT2D eigenvalue weighted by molar-refractivity contribution is 0.0357. The number of piperidine rings is 1. The molecule has 1 aromatic rings. The van der Waals surface area contributed by atoms with Gasteiger partial charge in [0.25, 0.3) is 0 Å². The van der Waals surface area contributed by atoms with Crippen LogP contribution >= 0.6 is 15.9 Å². The molecule has 0 radical (unpaired) electrons. The van der Waals surface area contributed by atoms with Gasteiger partial charge in [-0.1, -0.05) is 0 Å². The van der Waals surface area contributed by atoms with Crippen molar-refractivity contribution in [2.75, 3.05) is 5.32 Å². The molecule has 1 saturated heterocycles. The van der Waals surface area contributed by atoms with Crippen LogP contribution in [0.5, 0.6) is 0 Å². The lowest BCUT2D eigenvalue weighted by atomic mass is 9.93. The highest BCUT2D eigenvalue weighted by Gasteiger charge is 2.35. The number of aromatic nitrogens is 2. The summed E-state index contributed by atoms with van der Waals surface area (Å²) in [7, 11) is 0. The van der Waals surface area contributed by atoms with E-state index in [1.807, 2.05) is 32.6 Å². The smallest absolute Gasteiger partial charge is 0.410 e. The van der Waals surface area contributed by atoms with E-state index in [2.05, 4.69) is 31.2 Å². The van der Waals surface area contributed by atoms with Crippen molar-refractivity contribution in [2.45, 2.75) is 64.8 Å². The number of hydrogen-bond acceptors (Lipinski definition) is 5. The van der Waals surface area contributed by atoms with Crippen molar-refractivity contribution >= 4 is 28.0 Å². The highest BCUT2D eigenvalue weighted by Crippen LogP contribution is 2.26. The molecular formula is C15H23BrN4O2. The molecule has 22 heavy (non-hydrogen) atoms. The van der Waals surface area contributed by atoms with E-state index in [1.165, 1.54) is 0 Å². The summed E-state index contributed by atoms with van der Waals surface area (Å²) in [6.07, 6.45) is 4.80. The Morgan fingerprint density at radius 2 is 1.86 bits per heavy atom. The van der Waals surface area contributed by atoms with E-state index in [9.17, 15) is 4.79 Å². The number of rotatable bonds is 3. The van der Waals surface area contributed by atoms with E-state index in [-0.39, 0.29) is 30.3 Å². The molecule has 0 bridgehead atoms.